The summed E-state index contributed by atoms with van der Waals surface area (Å²) in [5, 5.41) is 0. The Morgan fingerprint density at radius 3 is 2.24 bits per heavy atom. The molecule has 0 amide bonds. The molecule has 1 aromatic heterocycles. The molecule has 0 saturated carbocycles. The first-order chi connectivity index (χ1) is 11.6. The first kappa shape index (κ1) is 18.9. The van der Waals surface area contributed by atoms with Gasteiger partial charge in [-0.2, -0.15) is 0 Å². The molecular formula is C18H24N4O2S. The topological polar surface area (TPSA) is 82.0 Å². The molecule has 7 heteroatoms. The number of aryl methyl sites for hydroxylation is 2. The summed E-state index contributed by atoms with van der Waals surface area (Å²) in [6, 6.07) is 3.32. The van der Waals surface area contributed by atoms with E-state index in [2.05, 4.69) is 5.43 Å². The summed E-state index contributed by atoms with van der Waals surface area (Å²) >= 11 is 5.10. The number of hydrogen-bond acceptors (Lipinski definition) is 4. The van der Waals surface area contributed by atoms with E-state index >= 15 is 0 Å². The Hall–Kier alpha value is -2.41. The van der Waals surface area contributed by atoms with Gasteiger partial charge in [0.05, 0.1) is 5.69 Å². The van der Waals surface area contributed by atoms with Gasteiger partial charge in [0.25, 0.3) is 5.56 Å². The van der Waals surface area contributed by atoms with Gasteiger partial charge in [-0.25, -0.2) is 14.0 Å². The normalized spacial score (nSPS) is 11.0. The van der Waals surface area contributed by atoms with Crippen molar-refractivity contribution in [3.8, 4) is 5.69 Å². The quantitative estimate of drug-likeness (QED) is 0.813. The number of nitrogens with zero attached hydrogens (tertiary/aromatic N) is 2. The second kappa shape index (κ2) is 6.84. The fourth-order valence-corrected chi connectivity index (χ4v) is 3.15. The number of nitrogens with one attached hydrogen (secondary N) is 1. The van der Waals surface area contributed by atoms with Crippen LogP contribution in [0.1, 0.15) is 41.8 Å². The molecule has 2 aromatic rings. The van der Waals surface area contributed by atoms with Crippen molar-refractivity contribution in [2.24, 2.45) is 5.73 Å². The molecule has 0 aliphatic carbocycles. The molecule has 0 saturated heterocycles. The highest BCUT2D eigenvalue weighted by Crippen LogP contribution is 2.24. The standard InChI is InChI=1S/C18H24N4O2S/c1-9(2)20-22-11(4)8-15(23)21(18(22)24)16-10(3)7-14(17(19)25)12(5)13(16)6/h7-9,20H,1-6H3,(H2,19,25). The lowest BCUT2D eigenvalue weighted by molar-refractivity contribution is 0.648. The Kier molecular flexibility index (Phi) is 5.17. The van der Waals surface area contributed by atoms with Crippen LogP contribution in [0.15, 0.2) is 21.7 Å². The lowest BCUT2D eigenvalue weighted by Crippen LogP contribution is -2.45. The van der Waals surface area contributed by atoms with Gasteiger partial charge in [0, 0.05) is 23.4 Å². The molecule has 0 bridgehead atoms. The van der Waals surface area contributed by atoms with Crippen LogP contribution >= 0.6 is 12.2 Å². The highest BCUT2D eigenvalue weighted by molar-refractivity contribution is 7.80. The van der Waals surface area contributed by atoms with E-state index in [-0.39, 0.29) is 11.6 Å². The molecule has 3 N–H and O–H groups in total. The zero-order chi connectivity index (χ0) is 19.0. The average molecular weight is 360 g/mol. The van der Waals surface area contributed by atoms with Gasteiger partial charge in [-0.15, -0.1) is 0 Å². The maximum absolute atomic E-state index is 13.0. The van der Waals surface area contributed by atoms with Crippen LogP contribution in [0.5, 0.6) is 0 Å². The van der Waals surface area contributed by atoms with Crippen LogP contribution in [-0.2, 0) is 0 Å². The van der Waals surface area contributed by atoms with Crippen LogP contribution in [-0.4, -0.2) is 20.3 Å². The third-order valence-electron chi connectivity index (χ3n) is 4.22. The molecule has 1 heterocycles. The van der Waals surface area contributed by atoms with E-state index in [1.165, 1.54) is 15.3 Å². The van der Waals surface area contributed by atoms with Gasteiger partial charge in [0.1, 0.15) is 4.99 Å². The number of rotatable bonds is 4. The second-order valence-corrected chi connectivity index (χ2v) is 7.00. The van der Waals surface area contributed by atoms with Gasteiger partial charge in [-0.1, -0.05) is 12.2 Å². The van der Waals surface area contributed by atoms with Crippen LogP contribution in [0.4, 0.5) is 0 Å². The van der Waals surface area contributed by atoms with E-state index in [1.807, 2.05) is 40.7 Å². The molecule has 134 valence electrons. The first-order valence-corrected chi connectivity index (χ1v) is 8.50. The zero-order valence-electron chi connectivity index (χ0n) is 15.4. The lowest BCUT2D eigenvalue weighted by Gasteiger charge is -2.20. The highest BCUT2D eigenvalue weighted by Gasteiger charge is 2.18. The van der Waals surface area contributed by atoms with Crippen LogP contribution < -0.4 is 22.4 Å². The average Bonchev–Trinajstić information content (AvgIpc) is 2.49. The first-order valence-electron chi connectivity index (χ1n) is 8.09. The zero-order valence-corrected chi connectivity index (χ0v) is 16.2. The summed E-state index contributed by atoms with van der Waals surface area (Å²) in [4.78, 5) is 25.9. The van der Waals surface area contributed by atoms with Crippen LogP contribution in [0.3, 0.4) is 0 Å². The van der Waals surface area contributed by atoms with Crippen molar-refractivity contribution in [2.45, 2.75) is 47.6 Å². The molecule has 25 heavy (non-hydrogen) atoms. The Bertz CT molecular complexity index is 971. The molecule has 0 fully saturated rings. The molecule has 0 aliphatic rings. The lowest BCUT2D eigenvalue weighted by atomic mass is 9.97. The molecule has 1 aromatic carbocycles. The van der Waals surface area contributed by atoms with Gasteiger partial charge < -0.3 is 11.2 Å². The number of benzene rings is 1. The van der Waals surface area contributed by atoms with Gasteiger partial charge in [0.2, 0.25) is 0 Å². The van der Waals surface area contributed by atoms with E-state index in [9.17, 15) is 9.59 Å². The SMILES string of the molecule is Cc1cc(C(N)=S)c(C)c(C)c1-n1c(=O)cc(C)n(NC(C)C)c1=O. The fourth-order valence-electron chi connectivity index (χ4n) is 2.94. The summed E-state index contributed by atoms with van der Waals surface area (Å²) in [5.41, 5.74) is 12.4. The molecule has 0 aliphatic heterocycles. The Labute approximate surface area is 152 Å². The number of hydrogen-bond donors (Lipinski definition) is 2. The minimum atomic E-state index is -0.424. The maximum Gasteiger partial charge on any atom is 0.354 e. The molecule has 0 unspecified atom stereocenters. The summed E-state index contributed by atoms with van der Waals surface area (Å²) < 4.78 is 2.60. The minimum Gasteiger partial charge on any atom is -0.389 e. The Morgan fingerprint density at radius 2 is 1.72 bits per heavy atom. The monoisotopic (exact) mass is 360 g/mol. The van der Waals surface area contributed by atoms with Crippen LogP contribution in [0, 0.1) is 27.7 Å². The van der Waals surface area contributed by atoms with Gasteiger partial charge in [0.15, 0.2) is 0 Å². The third kappa shape index (κ3) is 3.37. The van der Waals surface area contributed by atoms with Gasteiger partial charge in [-0.3, -0.25) is 4.79 Å². The molecule has 2 rings (SSSR count). The highest BCUT2D eigenvalue weighted by atomic mass is 32.1. The molecule has 6 nitrogen and oxygen atoms in total. The number of aromatic nitrogens is 2. The predicted molar refractivity (Wildman–Crippen MR) is 106 cm³/mol. The predicted octanol–water partition coefficient (Wildman–Crippen LogP) is 1.82. The molecule has 0 spiro atoms. The summed E-state index contributed by atoms with van der Waals surface area (Å²) in [7, 11) is 0. The fraction of sp³-hybridized carbons (Fsp3) is 0.389. The van der Waals surface area contributed by atoms with Crippen molar-refractivity contribution in [2.75, 3.05) is 5.43 Å². The molecule has 0 radical (unpaired) electrons. The van der Waals surface area contributed by atoms with Crippen molar-refractivity contribution in [1.29, 1.82) is 0 Å². The van der Waals surface area contributed by atoms with E-state index in [0.29, 0.717) is 16.4 Å². The molecular weight excluding hydrogens is 336 g/mol. The van der Waals surface area contributed by atoms with E-state index < -0.39 is 5.69 Å². The summed E-state index contributed by atoms with van der Waals surface area (Å²) in [5.74, 6) is 0. The van der Waals surface area contributed by atoms with Crippen molar-refractivity contribution in [3.63, 3.8) is 0 Å². The van der Waals surface area contributed by atoms with Crippen LogP contribution in [0.2, 0.25) is 0 Å². The van der Waals surface area contributed by atoms with Crippen molar-refractivity contribution in [3.05, 3.63) is 60.9 Å². The van der Waals surface area contributed by atoms with Gasteiger partial charge in [-0.05, 0) is 64.3 Å². The largest absolute Gasteiger partial charge is 0.389 e. The smallest absolute Gasteiger partial charge is 0.354 e. The Morgan fingerprint density at radius 1 is 1.12 bits per heavy atom. The summed E-state index contributed by atoms with van der Waals surface area (Å²) in [6.07, 6.45) is 0. The van der Waals surface area contributed by atoms with Crippen molar-refractivity contribution in [1.82, 2.24) is 9.24 Å². The third-order valence-corrected chi connectivity index (χ3v) is 4.44. The van der Waals surface area contributed by atoms with Crippen LogP contribution in [0.25, 0.3) is 5.69 Å². The van der Waals surface area contributed by atoms with Crippen molar-refractivity contribution < 1.29 is 0 Å². The summed E-state index contributed by atoms with van der Waals surface area (Å²) in [6.45, 7) is 11.2. The minimum absolute atomic E-state index is 0.0447. The molecule has 0 atom stereocenters. The van der Waals surface area contributed by atoms with Crippen molar-refractivity contribution >= 4 is 17.2 Å². The number of thiocarbonyl (C=S) groups is 1. The van der Waals surface area contributed by atoms with E-state index in [4.69, 9.17) is 18.0 Å². The van der Waals surface area contributed by atoms with Gasteiger partial charge >= 0.3 is 5.69 Å². The number of nitrogens with two attached hydrogens (primary N) is 1. The van der Waals surface area contributed by atoms with E-state index in [0.717, 1.165) is 22.3 Å². The maximum atomic E-state index is 13.0. The van der Waals surface area contributed by atoms with E-state index in [1.54, 1.807) is 6.92 Å². The Balaban J connectivity index is 2.89. The second-order valence-electron chi connectivity index (χ2n) is 6.57.